The highest BCUT2D eigenvalue weighted by atomic mass is 16.5. The first-order valence-electron chi connectivity index (χ1n) is 20.2. The Labute approximate surface area is 348 Å². The summed E-state index contributed by atoms with van der Waals surface area (Å²) < 4.78 is 3.60. The third kappa shape index (κ3) is 15.3. The molecule has 0 atom stereocenters. The molecule has 3 aromatic carbocycles. The average molecular weight is 823 g/mol. The van der Waals surface area contributed by atoms with E-state index < -0.39 is 0 Å². The minimum Gasteiger partial charge on any atom is -0.379 e. The summed E-state index contributed by atoms with van der Waals surface area (Å²) in [6.07, 6.45) is 10.9. The van der Waals surface area contributed by atoms with Gasteiger partial charge in [-0.15, -0.1) is 10.2 Å². The van der Waals surface area contributed by atoms with Crippen LogP contribution in [0.4, 0.5) is 11.4 Å². The van der Waals surface area contributed by atoms with Gasteiger partial charge in [0.2, 0.25) is 11.8 Å². The third-order valence-corrected chi connectivity index (χ3v) is 9.68. The number of unbranched alkanes of at least 4 members (excludes halogenated alkanes) is 6. The molecule has 18 nitrogen and oxygen atoms in total. The van der Waals surface area contributed by atoms with Gasteiger partial charge in [0.25, 0.3) is 11.8 Å². The topological polar surface area (TPSA) is 242 Å². The van der Waals surface area contributed by atoms with Crippen LogP contribution in [0.3, 0.4) is 0 Å². The van der Waals surface area contributed by atoms with E-state index in [9.17, 15) is 19.2 Å². The second kappa shape index (κ2) is 24.3. The Balaban J connectivity index is 1.00. The Bertz CT molecular complexity index is 1950. The lowest BCUT2D eigenvalue weighted by Gasteiger charge is -2.09. The maximum atomic E-state index is 12.5. The first-order chi connectivity index (χ1) is 29.3. The molecule has 0 fully saturated rings. The van der Waals surface area contributed by atoms with Crippen LogP contribution >= 0.6 is 0 Å². The van der Waals surface area contributed by atoms with Crippen LogP contribution in [-0.2, 0) is 35.8 Å². The Kier molecular flexibility index (Phi) is 18.0. The van der Waals surface area contributed by atoms with E-state index in [1.54, 1.807) is 44.6 Å². The van der Waals surface area contributed by atoms with Crippen LogP contribution in [0.2, 0.25) is 0 Å². The predicted molar refractivity (Wildman–Crippen MR) is 223 cm³/mol. The van der Waals surface area contributed by atoms with Gasteiger partial charge in [0.05, 0.1) is 38.6 Å². The number of benzene rings is 3. The molecule has 0 aliphatic rings. The zero-order valence-electron chi connectivity index (χ0n) is 33.6. The van der Waals surface area contributed by atoms with Gasteiger partial charge >= 0.3 is 0 Å². The molecule has 2 aromatic heterocycles. The molecule has 5 rings (SSSR count). The molecule has 18 heteroatoms. The molecule has 60 heavy (non-hydrogen) atoms. The number of rotatable bonds is 26. The van der Waals surface area contributed by atoms with Crippen LogP contribution in [0.1, 0.15) is 107 Å². The minimum atomic E-state index is -0.383. The van der Waals surface area contributed by atoms with Gasteiger partial charge in [-0.05, 0) is 85.3 Å². The van der Waals surface area contributed by atoms with Gasteiger partial charge in [-0.2, -0.15) is 0 Å². The van der Waals surface area contributed by atoms with Crippen molar-refractivity contribution in [3.05, 3.63) is 119 Å². The van der Waals surface area contributed by atoms with Gasteiger partial charge in [0, 0.05) is 48.4 Å². The lowest BCUT2D eigenvalue weighted by molar-refractivity contribution is -0.130. The monoisotopic (exact) mass is 822 g/mol. The summed E-state index contributed by atoms with van der Waals surface area (Å²) in [4.78, 5) is 47.2. The van der Waals surface area contributed by atoms with Crippen molar-refractivity contribution in [3.63, 3.8) is 0 Å². The zero-order chi connectivity index (χ0) is 42.4. The molecule has 0 radical (unpaired) electrons. The second-order valence-electron chi connectivity index (χ2n) is 14.4. The molecule has 318 valence electrons. The summed E-state index contributed by atoms with van der Waals surface area (Å²) in [5, 5.41) is 46.9. The number of amides is 4. The molecule has 4 amide bonds. The fourth-order valence-electron chi connectivity index (χ4n) is 6.32. The Morgan fingerprint density at radius 3 is 1.32 bits per heavy atom. The molecule has 0 unspecified atom stereocenters. The molecule has 0 aliphatic heterocycles. The van der Waals surface area contributed by atoms with E-state index in [1.165, 1.54) is 0 Å². The molecule has 0 saturated heterocycles. The zero-order valence-corrected chi connectivity index (χ0v) is 33.6. The highest BCUT2D eigenvalue weighted by Crippen LogP contribution is 2.16. The van der Waals surface area contributed by atoms with Crippen LogP contribution in [0, 0.1) is 0 Å². The maximum absolute atomic E-state index is 12.5. The van der Waals surface area contributed by atoms with Gasteiger partial charge < -0.3 is 21.3 Å². The molecule has 0 saturated carbocycles. The smallest absolute Gasteiger partial charge is 0.251 e. The number of nitrogens with one attached hydrogen (secondary N) is 6. The number of hydrogen-bond donors (Lipinski definition) is 8. The summed E-state index contributed by atoms with van der Waals surface area (Å²) in [6.45, 7) is 3.07. The summed E-state index contributed by atoms with van der Waals surface area (Å²) in [7, 11) is 0. The van der Waals surface area contributed by atoms with Gasteiger partial charge in [0.15, 0.2) is 0 Å². The summed E-state index contributed by atoms with van der Waals surface area (Å²) in [5.74, 6) is -1.04. The fourth-order valence-corrected chi connectivity index (χ4v) is 6.32. The SMILES string of the molecule is O=C(CCCCCCNC(=O)c1ccc(NCc2cn(Cc3ccccc3Cn3cc(CNc4ccc(C(=O)NCCCCCCC(=O)NO)cc4)nn3)nn2)cc1)NO. The average Bonchev–Trinajstić information content (AvgIpc) is 3.93. The summed E-state index contributed by atoms with van der Waals surface area (Å²) in [6, 6.07) is 22.6. The third-order valence-electron chi connectivity index (χ3n) is 9.68. The van der Waals surface area contributed by atoms with Crippen LogP contribution in [0.5, 0.6) is 0 Å². The largest absolute Gasteiger partial charge is 0.379 e. The van der Waals surface area contributed by atoms with Crippen molar-refractivity contribution >= 4 is 35.0 Å². The highest BCUT2D eigenvalue weighted by Gasteiger charge is 2.11. The summed E-state index contributed by atoms with van der Waals surface area (Å²) >= 11 is 0. The number of hydrogen-bond acceptors (Lipinski definition) is 12. The number of carbonyl (C=O) groups is 4. The summed E-state index contributed by atoms with van der Waals surface area (Å²) in [5.41, 5.74) is 9.79. The van der Waals surface area contributed by atoms with Crippen molar-refractivity contribution in [1.82, 2.24) is 51.6 Å². The molecule has 2 heterocycles. The normalized spacial score (nSPS) is 10.8. The fraction of sp³-hybridized carbons (Fsp3) is 0.381. The first-order valence-corrected chi connectivity index (χ1v) is 20.2. The number of aromatic nitrogens is 6. The number of carbonyl (C=O) groups excluding carboxylic acids is 4. The van der Waals surface area contributed by atoms with E-state index in [2.05, 4.69) is 54.0 Å². The molecule has 5 aromatic rings. The molecular weight excluding hydrogens is 769 g/mol. The van der Waals surface area contributed by atoms with Gasteiger partial charge in [0.1, 0.15) is 11.4 Å². The number of hydroxylamine groups is 2. The number of nitrogens with zero attached hydrogens (tertiary/aromatic N) is 6. The van der Waals surface area contributed by atoms with Crippen molar-refractivity contribution in [2.45, 2.75) is 90.4 Å². The van der Waals surface area contributed by atoms with Crippen molar-refractivity contribution < 1.29 is 29.6 Å². The lowest BCUT2D eigenvalue weighted by Crippen LogP contribution is -2.24. The van der Waals surface area contributed by atoms with Gasteiger partial charge in [-0.1, -0.05) is 60.4 Å². The minimum absolute atomic E-state index is 0.139. The van der Waals surface area contributed by atoms with E-state index >= 15 is 0 Å². The van der Waals surface area contributed by atoms with E-state index in [0.29, 0.717) is 76.1 Å². The molecule has 0 spiro atoms. The number of anilines is 2. The van der Waals surface area contributed by atoms with Gasteiger partial charge in [-0.25, -0.2) is 20.3 Å². The molecule has 0 aliphatic carbocycles. The maximum Gasteiger partial charge on any atom is 0.251 e. The van der Waals surface area contributed by atoms with Crippen LogP contribution in [-0.4, -0.2) is 77.1 Å². The Hall–Kier alpha value is -6.66. The Morgan fingerprint density at radius 1 is 0.517 bits per heavy atom. The van der Waals surface area contributed by atoms with Crippen LogP contribution in [0.25, 0.3) is 0 Å². The van der Waals surface area contributed by atoms with Crippen LogP contribution in [0.15, 0.2) is 85.2 Å². The van der Waals surface area contributed by atoms with E-state index in [1.807, 2.05) is 48.8 Å². The van der Waals surface area contributed by atoms with Crippen molar-refractivity contribution in [2.24, 2.45) is 0 Å². The van der Waals surface area contributed by atoms with Crippen LogP contribution < -0.4 is 32.2 Å². The van der Waals surface area contributed by atoms with E-state index in [4.69, 9.17) is 10.4 Å². The highest BCUT2D eigenvalue weighted by molar-refractivity contribution is 5.95. The standard InChI is InChI=1S/C42H54N12O6/c55-39(49-59)13-5-1-3-9-23-43-41(57)31-15-19-35(20-16-31)45-25-37-29-53(51-47-37)27-33-11-7-8-12-34(33)28-54-30-38(48-52-54)26-46-36-21-17-32(18-22-36)42(58)44-24-10-4-2-6-14-40(56)50-60/h7-8,11-12,15-22,29-30,45-46,59-60H,1-6,9-10,13-14,23-28H2,(H,43,57)(H,44,58)(H,49,55)(H,50,56). The van der Waals surface area contributed by atoms with Crippen molar-refractivity contribution in [3.8, 4) is 0 Å². The first kappa shape index (κ1) is 44.4. The quantitative estimate of drug-likeness (QED) is 0.0218. The Morgan fingerprint density at radius 2 is 0.917 bits per heavy atom. The molecular formula is C42H54N12O6. The van der Waals surface area contributed by atoms with Crippen molar-refractivity contribution in [2.75, 3.05) is 23.7 Å². The van der Waals surface area contributed by atoms with E-state index in [-0.39, 0.29) is 23.6 Å². The van der Waals surface area contributed by atoms with E-state index in [0.717, 1.165) is 72.4 Å². The van der Waals surface area contributed by atoms with Gasteiger partial charge in [-0.3, -0.25) is 29.6 Å². The second-order valence-corrected chi connectivity index (χ2v) is 14.4. The lowest BCUT2D eigenvalue weighted by atomic mass is 10.1. The molecule has 8 N–H and O–H groups in total. The van der Waals surface area contributed by atoms with Crippen molar-refractivity contribution in [1.29, 1.82) is 0 Å². The predicted octanol–water partition coefficient (Wildman–Crippen LogP) is 4.56. The molecule has 0 bridgehead atoms.